The van der Waals surface area contributed by atoms with Crippen LogP contribution in [-0.4, -0.2) is 50.9 Å². The van der Waals surface area contributed by atoms with Crippen LogP contribution in [0.5, 0.6) is 23.0 Å². The van der Waals surface area contributed by atoms with Crippen molar-refractivity contribution in [3.05, 3.63) is 81.0 Å². The van der Waals surface area contributed by atoms with Gasteiger partial charge in [-0.1, -0.05) is 57.4 Å². The third kappa shape index (κ3) is 8.46. The lowest BCUT2D eigenvalue weighted by Crippen LogP contribution is -2.30. The Kier molecular flexibility index (Phi) is 11.4. The molecule has 1 saturated carbocycles. The van der Waals surface area contributed by atoms with Gasteiger partial charge in [-0.2, -0.15) is 0 Å². The van der Waals surface area contributed by atoms with Gasteiger partial charge in [0.25, 0.3) is 0 Å². The summed E-state index contributed by atoms with van der Waals surface area (Å²) in [5.41, 5.74) is 3.14. The fraction of sp³-hybridized carbons (Fsp3) is 0.447. The van der Waals surface area contributed by atoms with Crippen molar-refractivity contribution in [2.45, 2.75) is 90.3 Å². The molecule has 0 amide bonds. The van der Waals surface area contributed by atoms with Gasteiger partial charge in [0.05, 0.1) is 6.61 Å². The van der Waals surface area contributed by atoms with Gasteiger partial charge >= 0.3 is 0 Å². The van der Waals surface area contributed by atoms with E-state index in [1.165, 1.54) is 49.8 Å². The molecule has 0 saturated heterocycles. The number of aliphatic hydroxyl groups excluding tert-OH is 2. The highest BCUT2D eigenvalue weighted by atomic mass is 16.5. The van der Waals surface area contributed by atoms with Crippen LogP contribution in [0.25, 0.3) is 22.3 Å². The normalized spacial score (nSPS) is 14.6. The Morgan fingerprint density at radius 3 is 2.40 bits per heavy atom. The molecule has 9 nitrogen and oxygen atoms in total. The molecule has 1 aliphatic rings. The maximum atomic E-state index is 13.6. The Hall–Kier alpha value is -4.05. The molecular weight excluding hydrogens is 598 g/mol. The number of nitrogens with one attached hydrogen (secondary N) is 1. The average molecular weight is 646 g/mol. The number of fused-ring (bicyclic) bond motifs is 1. The van der Waals surface area contributed by atoms with Crippen LogP contribution in [0.4, 0.5) is 0 Å². The average Bonchev–Trinajstić information content (AvgIpc) is 3.05. The van der Waals surface area contributed by atoms with Gasteiger partial charge in [0.2, 0.25) is 11.2 Å². The highest BCUT2D eigenvalue weighted by molar-refractivity contribution is 5.88. The zero-order chi connectivity index (χ0) is 33.5. The van der Waals surface area contributed by atoms with E-state index < -0.39 is 17.3 Å². The molecular formula is C38H47NO8. The van der Waals surface area contributed by atoms with Gasteiger partial charge in [-0.25, -0.2) is 0 Å². The van der Waals surface area contributed by atoms with E-state index in [-0.39, 0.29) is 53.1 Å². The minimum Gasteiger partial charge on any atom is -0.508 e. The Morgan fingerprint density at radius 2 is 1.68 bits per heavy atom. The van der Waals surface area contributed by atoms with E-state index in [9.17, 15) is 30.3 Å². The van der Waals surface area contributed by atoms with Crippen LogP contribution in [0.3, 0.4) is 0 Å². The van der Waals surface area contributed by atoms with E-state index >= 15 is 0 Å². The molecule has 9 heteroatoms. The topological polar surface area (TPSA) is 153 Å². The monoisotopic (exact) mass is 645 g/mol. The number of phenolic OH excluding ortho intramolecular Hbond substituents is 2. The second-order valence-corrected chi connectivity index (χ2v) is 13.2. The summed E-state index contributed by atoms with van der Waals surface area (Å²) >= 11 is 0. The number of ether oxygens (including phenoxy) is 1. The standard InChI is InChI=1S/C38H47NO8/c1-23(2)14-26-17-28(18-27(35(26)43)16-24-8-6-9-25(15-24)21-39-29-10-4-3-5-11-29)38-37(45)36(44)34-32(19-30(42)20-33(34)47-38)46-31(22-41)12-7-13-40/h6,8-9,15,17-20,23,29,31,39-43,45H,3-5,7,10-14,16,21-22H2,1-2H3/t31-/m0/s1. The van der Waals surface area contributed by atoms with Crippen LogP contribution in [0.2, 0.25) is 0 Å². The molecule has 1 aromatic heterocycles. The SMILES string of the molecule is CC(C)Cc1cc(-c2oc3cc(O)cc(O[C@H](CO)CCCO)c3c(=O)c2O)cc(Cc2cccc(CNC3CCCCC3)c2)c1O. The van der Waals surface area contributed by atoms with Gasteiger partial charge in [0.1, 0.15) is 34.3 Å². The van der Waals surface area contributed by atoms with Gasteiger partial charge < -0.3 is 40.0 Å². The first-order chi connectivity index (χ1) is 22.7. The van der Waals surface area contributed by atoms with Crippen molar-refractivity contribution in [3.8, 4) is 34.3 Å². The number of aromatic hydroxyl groups is 3. The number of rotatable bonds is 14. The van der Waals surface area contributed by atoms with Gasteiger partial charge in [-0.05, 0) is 72.4 Å². The van der Waals surface area contributed by atoms with E-state index in [4.69, 9.17) is 9.15 Å². The zero-order valence-electron chi connectivity index (χ0n) is 27.3. The second kappa shape index (κ2) is 15.7. The van der Waals surface area contributed by atoms with Gasteiger partial charge in [0, 0.05) is 43.3 Å². The molecule has 0 unspecified atom stereocenters. The summed E-state index contributed by atoms with van der Waals surface area (Å²) in [5, 5.41) is 55.7. The van der Waals surface area contributed by atoms with Crippen molar-refractivity contribution >= 4 is 11.0 Å². The second-order valence-electron chi connectivity index (χ2n) is 13.2. The Morgan fingerprint density at radius 1 is 0.936 bits per heavy atom. The van der Waals surface area contributed by atoms with Crippen molar-refractivity contribution in [1.29, 1.82) is 0 Å². The fourth-order valence-corrected chi connectivity index (χ4v) is 6.49. The molecule has 0 aliphatic heterocycles. The molecule has 0 spiro atoms. The first-order valence-electron chi connectivity index (χ1n) is 16.7. The summed E-state index contributed by atoms with van der Waals surface area (Å²) in [5.74, 6) is -0.603. The Balaban J connectivity index is 1.51. The molecule has 1 fully saturated rings. The third-order valence-electron chi connectivity index (χ3n) is 8.85. The molecule has 0 radical (unpaired) electrons. The van der Waals surface area contributed by atoms with E-state index in [1.54, 1.807) is 12.1 Å². The van der Waals surface area contributed by atoms with E-state index in [0.29, 0.717) is 48.4 Å². The molecule has 0 bridgehead atoms. The van der Waals surface area contributed by atoms with Crippen LogP contribution >= 0.6 is 0 Å². The number of phenols is 2. The highest BCUT2D eigenvalue weighted by Gasteiger charge is 2.23. The minimum absolute atomic E-state index is 0.00477. The maximum Gasteiger partial charge on any atom is 0.238 e. The summed E-state index contributed by atoms with van der Waals surface area (Å²) in [6.07, 6.45) is 7.19. The van der Waals surface area contributed by atoms with E-state index in [0.717, 1.165) is 12.1 Å². The lowest BCUT2D eigenvalue weighted by molar-refractivity contribution is 0.102. The first kappa shape index (κ1) is 34.3. The molecule has 252 valence electrons. The van der Waals surface area contributed by atoms with Gasteiger partial charge in [-0.15, -0.1) is 0 Å². The van der Waals surface area contributed by atoms with Crippen LogP contribution in [0.1, 0.15) is 81.0 Å². The van der Waals surface area contributed by atoms with E-state index in [2.05, 4.69) is 17.4 Å². The smallest absolute Gasteiger partial charge is 0.238 e. The van der Waals surface area contributed by atoms with Crippen LogP contribution in [0, 0.1) is 5.92 Å². The minimum atomic E-state index is -0.756. The zero-order valence-corrected chi connectivity index (χ0v) is 27.3. The third-order valence-corrected chi connectivity index (χ3v) is 8.85. The molecule has 1 heterocycles. The molecule has 4 aromatic rings. The predicted molar refractivity (Wildman–Crippen MR) is 182 cm³/mol. The summed E-state index contributed by atoms with van der Waals surface area (Å²) in [6.45, 7) is 4.41. The quantitative estimate of drug-likeness (QED) is 0.0928. The van der Waals surface area contributed by atoms with Crippen molar-refractivity contribution in [2.75, 3.05) is 13.2 Å². The lowest BCUT2D eigenvalue weighted by Gasteiger charge is -2.23. The molecule has 5 rings (SSSR count). The first-order valence-corrected chi connectivity index (χ1v) is 16.7. The summed E-state index contributed by atoms with van der Waals surface area (Å²) in [4.78, 5) is 13.6. The molecule has 6 N–H and O–H groups in total. The fourth-order valence-electron chi connectivity index (χ4n) is 6.49. The maximum absolute atomic E-state index is 13.6. The van der Waals surface area contributed by atoms with Crippen molar-refractivity contribution < 1.29 is 34.7 Å². The van der Waals surface area contributed by atoms with Gasteiger partial charge in [0.15, 0.2) is 5.76 Å². The highest BCUT2D eigenvalue weighted by Crippen LogP contribution is 2.39. The van der Waals surface area contributed by atoms with E-state index in [1.807, 2.05) is 26.0 Å². The number of benzene rings is 3. The van der Waals surface area contributed by atoms with Crippen molar-refractivity contribution in [2.24, 2.45) is 5.92 Å². The van der Waals surface area contributed by atoms with Gasteiger partial charge in [-0.3, -0.25) is 4.79 Å². The van der Waals surface area contributed by atoms with Crippen LogP contribution < -0.4 is 15.5 Å². The summed E-state index contributed by atoms with van der Waals surface area (Å²) in [7, 11) is 0. The molecule has 1 aliphatic carbocycles. The number of aliphatic hydroxyl groups is 2. The Labute approximate surface area is 275 Å². The summed E-state index contributed by atoms with van der Waals surface area (Å²) in [6, 6.07) is 14.8. The number of hydrogen-bond donors (Lipinski definition) is 6. The summed E-state index contributed by atoms with van der Waals surface area (Å²) < 4.78 is 11.9. The molecule has 47 heavy (non-hydrogen) atoms. The van der Waals surface area contributed by atoms with Crippen molar-refractivity contribution in [1.82, 2.24) is 5.32 Å². The lowest BCUT2D eigenvalue weighted by atomic mass is 9.92. The number of hydrogen-bond acceptors (Lipinski definition) is 9. The Bertz CT molecular complexity index is 1720. The molecule has 3 aromatic carbocycles. The predicted octanol–water partition coefficient (Wildman–Crippen LogP) is 6.30. The largest absolute Gasteiger partial charge is 0.508 e. The van der Waals surface area contributed by atoms with Crippen LogP contribution in [0.15, 0.2) is 57.7 Å². The van der Waals surface area contributed by atoms with Crippen molar-refractivity contribution in [3.63, 3.8) is 0 Å². The van der Waals surface area contributed by atoms with Crippen LogP contribution in [-0.2, 0) is 19.4 Å². The molecule has 1 atom stereocenters.